The van der Waals surface area contributed by atoms with E-state index in [-0.39, 0.29) is 5.78 Å². The van der Waals surface area contributed by atoms with E-state index >= 15 is 0 Å². The summed E-state index contributed by atoms with van der Waals surface area (Å²) in [6.07, 6.45) is 4.29. The molecule has 0 spiro atoms. The first-order valence-electron chi connectivity index (χ1n) is 4.95. The number of methoxy groups -OCH3 is 1. The van der Waals surface area contributed by atoms with Gasteiger partial charge in [0.2, 0.25) is 0 Å². The van der Waals surface area contributed by atoms with Crippen LogP contribution in [-0.4, -0.2) is 32.3 Å². The minimum Gasteiger partial charge on any atom is -0.396 e. The second-order valence-electron chi connectivity index (χ2n) is 2.90. The molecule has 0 fully saturated rings. The van der Waals surface area contributed by atoms with Crippen molar-refractivity contribution in [1.82, 2.24) is 0 Å². The lowest BCUT2D eigenvalue weighted by atomic mass is 10.2. The van der Waals surface area contributed by atoms with Crippen molar-refractivity contribution in [3.8, 4) is 0 Å². The normalized spacial score (nSPS) is 10.7. The zero-order chi connectivity index (χ0) is 10.6. The molecule has 0 N–H and O–H groups in total. The van der Waals surface area contributed by atoms with Gasteiger partial charge in [0.15, 0.2) is 0 Å². The lowest BCUT2D eigenvalue weighted by molar-refractivity contribution is -0.118. The van der Waals surface area contributed by atoms with Gasteiger partial charge >= 0.3 is 0 Å². The predicted octanol–water partition coefficient (Wildman–Crippen LogP) is 1.78. The van der Waals surface area contributed by atoms with Gasteiger partial charge in [-0.25, -0.2) is 0 Å². The van der Waals surface area contributed by atoms with Crippen LogP contribution in [0.1, 0.15) is 32.6 Å². The fourth-order valence-corrected chi connectivity index (χ4v) is 0.828. The van der Waals surface area contributed by atoms with Crippen molar-refractivity contribution in [2.45, 2.75) is 32.6 Å². The van der Waals surface area contributed by atoms with Crippen LogP contribution < -0.4 is 0 Å². The van der Waals surface area contributed by atoms with Gasteiger partial charge in [0.05, 0.1) is 0 Å². The lowest BCUT2D eigenvalue weighted by Crippen LogP contribution is -1.96. The Morgan fingerprint density at radius 2 is 2.21 bits per heavy atom. The molecule has 0 bridgehead atoms. The van der Waals surface area contributed by atoms with E-state index in [1.54, 1.807) is 13.3 Å². The highest BCUT2D eigenvalue weighted by atomic mass is 16.6. The molecule has 4 heteroatoms. The number of nitrogens with zero attached hydrogens (tertiary/aromatic N) is 1. The minimum atomic E-state index is 0.260. The predicted molar refractivity (Wildman–Crippen MR) is 55.5 cm³/mol. The molecule has 0 atom stereocenters. The smallest absolute Gasteiger partial charge is 0.133 e. The second kappa shape index (κ2) is 10.2. The maximum absolute atomic E-state index is 10.9. The molecule has 0 saturated heterocycles. The van der Waals surface area contributed by atoms with Crippen LogP contribution in [0.2, 0.25) is 0 Å². The molecule has 0 heterocycles. The number of carbonyl (C=O) groups excluding carboxylic acids is 1. The third kappa shape index (κ3) is 9.19. The molecule has 0 rings (SSSR count). The van der Waals surface area contributed by atoms with Crippen molar-refractivity contribution in [3.05, 3.63) is 0 Å². The molecule has 0 aromatic carbocycles. The highest BCUT2D eigenvalue weighted by Gasteiger charge is 1.94. The molecule has 0 aromatic rings. The van der Waals surface area contributed by atoms with Crippen LogP contribution in [0.15, 0.2) is 5.16 Å². The van der Waals surface area contributed by atoms with E-state index in [4.69, 9.17) is 9.57 Å². The molecule has 0 saturated carbocycles. The van der Waals surface area contributed by atoms with E-state index in [2.05, 4.69) is 5.16 Å². The largest absolute Gasteiger partial charge is 0.396 e. The Morgan fingerprint density at radius 3 is 2.86 bits per heavy atom. The molecule has 14 heavy (non-hydrogen) atoms. The van der Waals surface area contributed by atoms with Crippen molar-refractivity contribution in [2.24, 2.45) is 5.16 Å². The van der Waals surface area contributed by atoms with E-state index < -0.39 is 0 Å². The molecule has 0 unspecified atom stereocenters. The Balaban J connectivity index is 3.15. The zero-order valence-electron chi connectivity index (χ0n) is 8.99. The van der Waals surface area contributed by atoms with Crippen LogP contribution in [0, 0.1) is 0 Å². The summed E-state index contributed by atoms with van der Waals surface area (Å²) in [6, 6.07) is 0. The van der Waals surface area contributed by atoms with Crippen molar-refractivity contribution in [3.63, 3.8) is 0 Å². The monoisotopic (exact) mass is 201 g/mol. The SMILES string of the molecule is CCC(=O)CC/C=N/OCCCOC. The summed E-state index contributed by atoms with van der Waals surface area (Å²) in [7, 11) is 1.65. The van der Waals surface area contributed by atoms with Gasteiger partial charge in [0, 0.05) is 39.2 Å². The molecule has 82 valence electrons. The van der Waals surface area contributed by atoms with Crippen LogP contribution in [0.4, 0.5) is 0 Å². The second-order valence-corrected chi connectivity index (χ2v) is 2.90. The van der Waals surface area contributed by atoms with Gasteiger partial charge in [-0.2, -0.15) is 0 Å². The standard InChI is InChI=1S/C10H19NO3/c1-3-10(12)6-4-7-11-14-9-5-8-13-2/h7H,3-6,8-9H2,1-2H3/b11-7+. The first-order valence-corrected chi connectivity index (χ1v) is 4.95. The first kappa shape index (κ1) is 13.1. The molecule has 0 aliphatic rings. The molecule has 0 aromatic heterocycles. The minimum absolute atomic E-state index is 0.260. The Bertz CT molecular complexity index is 169. The number of carbonyl (C=O) groups is 1. The molecule has 4 nitrogen and oxygen atoms in total. The van der Waals surface area contributed by atoms with Crippen LogP contribution in [0.3, 0.4) is 0 Å². The van der Waals surface area contributed by atoms with E-state index in [0.717, 1.165) is 6.42 Å². The van der Waals surface area contributed by atoms with Gasteiger partial charge in [-0.05, 0) is 6.42 Å². The topological polar surface area (TPSA) is 47.9 Å². The first-order chi connectivity index (χ1) is 6.81. The summed E-state index contributed by atoms with van der Waals surface area (Å²) in [5.74, 6) is 0.260. The number of ether oxygens (including phenoxy) is 1. The van der Waals surface area contributed by atoms with Crippen LogP contribution in [-0.2, 0) is 14.4 Å². The maximum Gasteiger partial charge on any atom is 0.133 e. The Hall–Kier alpha value is -0.900. The average molecular weight is 201 g/mol. The summed E-state index contributed by atoms with van der Waals surface area (Å²) < 4.78 is 4.84. The number of ketones is 1. The quantitative estimate of drug-likeness (QED) is 0.324. The lowest BCUT2D eigenvalue weighted by Gasteiger charge is -1.97. The number of rotatable bonds is 9. The maximum atomic E-state index is 10.9. The number of oxime groups is 1. The van der Waals surface area contributed by atoms with Crippen LogP contribution >= 0.6 is 0 Å². The van der Waals surface area contributed by atoms with Gasteiger partial charge < -0.3 is 9.57 Å². The fourth-order valence-electron chi connectivity index (χ4n) is 0.828. The van der Waals surface area contributed by atoms with Gasteiger partial charge in [-0.3, -0.25) is 4.79 Å². The highest BCUT2D eigenvalue weighted by molar-refractivity contribution is 5.80. The Morgan fingerprint density at radius 1 is 1.43 bits per heavy atom. The van der Waals surface area contributed by atoms with E-state index in [1.807, 2.05) is 6.92 Å². The molecule has 0 radical (unpaired) electrons. The van der Waals surface area contributed by atoms with Crippen LogP contribution in [0.25, 0.3) is 0 Å². The third-order valence-corrected chi connectivity index (χ3v) is 1.68. The van der Waals surface area contributed by atoms with E-state index in [1.165, 1.54) is 0 Å². The van der Waals surface area contributed by atoms with Gasteiger partial charge in [-0.15, -0.1) is 0 Å². The fraction of sp³-hybridized carbons (Fsp3) is 0.800. The highest BCUT2D eigenvalue weighted by Crippen LogP contribution is 1.92. The van der Waals surface area contributed by atoms with Gasteiger partial charge in [0.25, 0.3) is 0 Å². The molecule has 0 aliphatic carbocycles. The summed E-state index contributed by atoms with van der Waals surface area (Å²) in [5, 5.41) is 3.72. The number of Topliss-reactive ketones (excluding diaryl/α,β-unsaturated/α-hetero) is 1. The third-order valence-electron chi connectivity index (χ3n) is 1.68. The molecular weight excluding hydrogens is 182 g/mol. The van der Waals surface area contributed by atoms with Crippen molar-refractivity contribution in [1.29, 1.82) is 0 Å². The summed E-state index contributed by atoms with van der Waals surface area (Å²) in [4.78, 5) is 15.8. The van der Waals surface area contributed by atoms with Gasteiger partial charge in [-0.1, -0.05) is 12.1 Å². The van der Waals surface area contributed by atoms with E-state index in [9.17, 15) is 4.79 Å². The van der Waals surface area contributed by atoms with Crippen molar-refractivity contribution >= 4 is 12.0 Å². The summed E-state index contributed by atoms with van der Waals surface area (Å²) >= 11 is 0. The average Bonchev–Trinajstić information content (AvgIpc) is 2.21. The van der Waals surface area contributed by atoms with Crippen LogP contribution in [0.5, 0.6) is 0 Å². The zero-order valence-corrected chi connectivity index (χ0v) is 8.99. The number of hydrogen-bond donors (Lipinski definition) is 0. The Kier molecular flexibility index (Phi) is 9.53. The molecule has 0 amide bonds. The molecule has 0 aliphatic heterocycles. The van der Waals surface area contributed by atoms with Crippen molar-refractivity contribution < 1.29 is 14.4 Å². The summed E-state index contributed by atoms with van der Waals surface area (Å²) in [5.41, 5.74) is 0. The van der Waals surface area contributed by atoms with Gasteiger partial charge in [0.1, 0.15) is 12.4 Å². The number of hydrogen-bond acceptors (Lipinski definition) is 4. The van der Waals surface area contributed by atoms with E-state index in [0.29, 0.717) is 32.5 Å². The van der Waals surface area contributed by atoms with Crippen molar-refractivity contribution in [2.75, 3.05) is 20.3 Å². The molecular formula is C10H19NO3. The Labute approximate surface area is 85.3 Å². The summed E-state index contributed by atoms with van der Waals surface area (Å²) in [6.45, 7) is 3.11.